The number of pyridine rings is 1. The van der Waals surface area contributed by atoms with Gasteiger partial charge in [-0.25, -0.2) is 9.78 Å². The minimum atomic E-state index is -0.983. The van der Waals surface area contributed by atoms with Crippen molar-refractivity contribution in [2.24, 2.45) is 5.92 Å². The van der Waals surface area contributed by atoms with Crippen molar-refractivity contribution < 1.29 is 38.1 Å². The van der Waals surface area contributed by atoms with E-state index >= 15 is 0 Å². The van der Waals surface area contributed by atoms with Crippen LogP contribution in [0.25, 0.3) is 0 Å². The number of carbonyl (C=O) groups is 3. The number of aromatic nitrogens is 1. The summed E-state index contributed by atoms with van der Waals surface area (Å²) in [5.41, 5.74) is -0.128. The highest BCUT2D eigenvalue weighted by Crippen LogP contribution is 2.32. The molecule has 1 aliphatic rings. The normalized spacial score (nSPS) is 15.9. The maximum Gasteiger partial charge on any atom is 0.328 e. The lowest BCUT2D eigenvalue weighted by Gasteiger charge is -2.34. The molecule has 2 aromatic rings. The predicted molar refractivity (Wildman–Crippen MR) is 138 cm³/mol. The summed E-state index contributed by atoms with van der Waals surface area (Å²) in [6.45, 7) is 4.14. The number of benzene rings is 1. The van der Waals surface area contributed by atoms with Crippen LogP contribution in [0.15, 0.2) is 42.6 Å². The van der Waals surface area contributed by atoms with Gasteiger partial charge in [0.05, 0.1) is 7.11 Å². The third-order valence-corrected chi connectivity index (χ3v) is 6.36. The number of rotatable bonds is 12. The van der Waals surface area contributed by atoms with Crippen LogP contribution in [-0.2, 0) is 19.1 Å². The van der Waals surface area contributed by atoms with Crippen LogP contribution in [0, 0.1) is 5.92 Å². The largest absolute Gasteiger partial charge is 0.493 e. The van der Waals surface area contributed by atoms with E-state index in [0.29, 0.717) is 0 Å². The van der Waals surface area contributed by atoms with Crippen LogP contribution in [0.4, 0.5) is 0 Å². The molecule has 0 aliphatic heterocycles. The quantitative estimate of drug-likeness (QED) is 0.321. The van der Waals surface area contributed by atoms with E-state index in [1.165, 1.54) is 39.6 Å². The van der Waals surface area contributed by atoms with Crippen LogP contribution in [0.1, 0.15) is 63.4 Å². The Morgan fingerprint density at radius 3 is 2.42 bits per heavy atom. The zero-order valence-corrected chi connectivity index (χ0v) is 22.3. The summed E-state index contributed by atoms with van der Waals surface area (Å²) >= 11 is 0. The minimum Gasteiger partial charge on any atom is -0.493 e. The zero-order chi connectivity index (χ0) is 27.5. The molecule has 0 saturated heterocycles. The number of esters is 2. The van der Waals surface area contributed by atoms with Crippen molar-refractivity contribution in [2.75, 3.05) is 13.9 Å². The number of methoxy groups -OCH3 is 1. The fraction of sp³-hybridized carbons (Fsp3) is 0.500. The Hall–Kier alpha value is -3.82. The van der Waals surface area contributed by atoms with Gasteiger partial charge in [-0.15, -0.1) is 0 Å². The Labute approximate surface area is 223 Å². The second kappa shape index (κ2) is 14.2. The van der Waals surface area contributed by atoms with Crippen LogP contribution in [0.2, 0.25) is 0 Å². The molecular formula is C28H36N2O8. The Kier molecular flexibility index (Phi) is 10.7. The van der Waals surface area contributed by atoms with Gasteiger partial charge < -0.3 is 29.0 Å². The molecule has 1 aliphatic carbocycles. The van der Waals surface area contributed by atoms with Crippen molar-refractivity contribution in [1.82, 2.24) is 10.3 Å². The molecule has 10 nitrogen and oxygen atoms in total. The molecule has 10 heteroatoms. The van der Waals surface area contributed by atoms with Crippen molar-refractivity contribution in [3.05, 3.63) is 48.3 Å². The van der Waals surface area contributed by atoms with Gasteiger partial charge in [0.1, 0.15) is 24.0 Å². The smallest absolute Gasteiger partial charge is 0.328 e. The summed E-state index contributed by atoms with van der Waals surface area (Å²) in [4.78, 5) is 41.1. The van der Waals surface area contributed by atoms with Crippen molar-refractivity contribution in [2.45, 2.75) is 71.1 Å². The molecule has 1 aromatic carbocycles. The van der Waals surface area contributed by atoms with Gasteiger partial charge in [0.15, 0.2) is 17.2 Å². The highest BCUT2D eigenvalue weighted by atomic mass is 16.7. The highest BCUT2D eigenvalue weighted by Gasteiger charge is 2.34. The van der Waals surface area contributed by atoms with E-state index in [2.05, 4.69) is 10.3 Å². The van der Waals surface area contributed by atoms with E-state index in [4.69, 9.17) is 23.7 Å². The molecule has 0 bridgehead atoms. The summed E-state index contributed by atoms with van der Waals surface area (Å²) in [5, 5.41) is 2.60. The lowest BCUT2D eigenvalue weighted by atomic mass is 9.83. The topological polar surface area (TPSA) is 122 Å². The molecule has 1 amide bonds. The summed E-state index contributed by atoms with van der Waals surface area (Å²) in [5.74, 6) is -0.651. The van der Waals surface area contributed by atoms with Gasteiger partial charge in [0.25, 0.3) is 5.91 Å². The second-order valence-electron chi connectivity index (χ2n) is 9.22. The Morgan fingerprint density at radius 1 is 1.05 bits per heavy atom. The van der Waals surface area contributed by atoms with E-state index in [9.17, 15) is 14.4 Å². The molecular weight excluding hydrogens is 492 g/mol. The fourth-order valence-electron chi connectivity index (χ4n) is 4.43. The van der Waals surface area contributed by atoms with E-state index in [-0.39, 0.29) is 29.2 Å². The van der Waals surface area contributed by atoms with Crippen molar-refractivity contribution in [1.29, 1.82) is 0 Å². The third kappa shape index (κ3) is 8.09. The minimum absolute atomic E-state index is 0.0173. The van der Waals surface area contributed by atoms with Crippen LogP contribution in [0.3, 0.4) is 0 Å². The van der Waals surface area contributed by atoms with Gasteiger partial charge in [-0.1, -0.05) is 37.5 Å². The molecule has 1 saturated carbocycles. The maximum absolute atomic E-state index is 13.0. The SMILES string of the molecule is COc1ccnc(C(=O)N[C@@H](C)C(=O)O[C@@H](C)[C@H](Oc2ccccc2)C2CCCCC2)c1OCOC(C)=O. The standard InChI is InChI=1S/C28H36N2O8/c1-18(30-27(32)24-26(36-17-35-20(3)31)23(34-4)15-16-29-24)28(33)37-19(2)25(21-11-7-5-8-12-21)38-22-13-9-6-10-14-22/h6,9-10,13-16,18-19,21,25H,5,7-8,11-12,17H2,1-4H3,(H,30,32)/t18-,19-,25-/m0/s1. The van der Waals surface area contributed by atoms with Crippen LogP contribution < -0.4 is 19.5 Å². The van der Waals surface area contributed by atoms with Gasteiger partial charge in [0.2, 0.25) is 6.79 Å². The first-order valence-corrected chi connectivity index (χ1v) is 12.8. The first-order valence-electron chi connectivity index (χ1n) is 12.8. The molecule has 3 atom stereocenters. The summed E-state index contributed by atoms with van der Waals surface area (Å²) < 4.78 is 27.6. The van der Waals surface area contributed by atoms with Crippen LogP contribution in [0.5, 0.6) is 17.2 Å². The number of para-hydroxylation sites is 1. The Bertz CT molecular complexity index is 1070. The average molecular weight is 529 g/mol. The molecule has 38 heavy (non-hydrogen) atoms. The number of nitrogens with one attached hydrogen (secondary N) is 1. The number of hydrogen-bond donors (Lipinski definition) is 1. The first kappa shape index (κ1) is 28.7. The Balaban J connectivity index is 1.67. The number of nitrogens with zero attached hydrogens (tertiary/aromatic N) is 1. The third-order valence-electron chi connectivity index (χ3n) is 6.36. The molecule has 0 spiro atoms. The van der Waals surface area contributed by atoms with Crippen molar-refractivity contribution in [3.63, 3.8) is 0 Å². The molecule has 0 unspecified atom stereocenters. The monoisotopic (exact) mass is 528 g/mol. The molecule has 206 valence electrons. The lowest BCUT2D eigenvalue weighted by molar-refractivity contribution is -0.156. The molecule has 3 rings (SSSR count). The summed E-state index contributed by atoms with van der Waals surface area (Å²) in [6.07, 6.45) is 5.94. The van der Waals surface area contributed by atoms with Gasteiger partial charge in [-0.3, -0.25) is 9.59 Å². The zero-order valence-electron chi connectivity index (χ0n) is 22.3. The molecule has 1 aromatic heterocycles. The fourth-order valence-corrected chi connectivity index (χ4v) is 4.43. The lowest BCUT2D eigenvalue weighted by Crippen LogP contribution is -2.45. The molecule has 1 N–H and O–H groups in total. The predicted octanol–water partition coefficient (Wildman–Crippen LogP) is 4.07. The summed E-state index contributed by atoms with van der Waals surface area (Å²) in [7, 11) is 1.40. The van der Waals surface area contributed by atoms with E-state index < -0.39 is 36.8 Å². The number of carbonyl (C=O) groups excluding carboxylic acids is 3. The molecule has 1 heterocycles. The maximum atomic E-state index is 13.0. The van der Waals surface area contributed by atoms with Crippen molar-refractivity contribution >= 4 is 17.8 Å². The molecule has 1 fully saturated rings. The number of ether oxygens (including phenoxy) is 5. The highest BCUT2D eigenvalue weighted by molar-refractivity contribution is 5.98. The molecule has 0 radical (unpaired) electrons. The van der Waals surface area contributed by atoms with Gasteiger partial charge in [-0.05, 0) is 44.7 Å². The first-order chi connectivity index (χ1) is 18.3. The Morgan fingerprint density at radius 2 is 1.76 bits per heavy atom. The van der Waals surface area contributed by atoms with Crippen LogP contribution in [-0.4, -0.2) is 55.0 Å². The van der Waals surface area contributed by atoms with Gasteiger partial charge in [0, 0.05) is 19.2 Å². The van der Waals surface area contributed by atoms with Gasteiger partial charge in [-0.2, -0.15) is 0 Å². The van der Waals surface area contributed by atoms with Gasteiger partial charge >= 0.3 is 11.9 Å². The number of hydrogen-bond acceptors (Lipinski definition) is 9. The van der Waals surface area contributed by atoms with Crippen LogP contribution >= 0.6 is 0 Å². The van der Waals surface area contributed by atoms with E-state index in [0.717, 1.165) is 31.4 Å². The van der Waals surface area contributed by atoms with E-state index in [1.807, 2.05) is 37.3 Å². The number of amides is 1. The second-order valence-corrected chi connectivity index (χ2v) is 9.22. The summed E-state index contributed by atoms with van der Waals surface area (Å²) in [6, 6.07) is 10.0. The average Bonchev–Trinajstić information content (AvgIpc) is 2.92. The van der Waals surface area contributed by atoms with E-state index in [1.54, 1.807) is 0 Å². The van der Waals surface area contributed by atoms with Crippen molar-refractivity contribution in [3.8, 4) is 17.2 Å².